The van der Waals surface area contributed by atoms with Crippen molar-refractivity contribution in [2.45, 2.75) is 176 Å². The fourth-order valence-corrected chi connectivity index (χ4v) is 23.2. The van der Waals surface area contributed by atoms with E-state index in [4.69, 9.17) is 14.2 Å². The van der Waals surface area contributed by atoms with Crippen molar-refractivity contribution in [3.05, 3.63) is 309 Å². The number of alkyl halides is 1. The van der Waals surface area contributed by atoms with Gasteiger partial charge in [-0.2, -0.15) is 0 Å². The van der Waals surface area contributed by atoms with Crippen molar-refractivity contribution < 1.29 is 40.7 Å². The van der Waals surface area contributed by atoms with Gasteiger partial charge >= 0.3 is 0 Å². The van der Waals surface area contributed by atoms with Gasteiger partial charge in [0.15, 0.2) is 0 Å². The molecule has 0 unspecified atom stereocenters. The molecule has 0 bridgehead atoms. The lowest BCUT2D eigenvalue weighted by Gasteiger charge is -2.29. The Hall–Kier alpha value is -6.17. The Kier molecular flexibility index (Phi) is 60.5. The molecule has 10 heteroatoms. The van der Waals surface area contributed by atoms with Gasteiger partial charge in [-0.1, -0.05) is 407 Å². The summed E-state index contributed by atoms with van der Waals surface area (Å²) in [6, 6.07) is 99.4. The van der Waals surface area contributed by atoms with Gasteiger partial charge in [0.2, 0.25) is 0 Å². The molecular weight excluding hydrogens is 1500 g/mol. The van der Waals surface area contributed by atoms with E-state index in [9.17, 15) is 4.79 Å². The first kappa shape index (κ1) is 96.9. The van der Waals surface area contributed by atoms with Gasteiger partial charge in [-0.3, -0.25) is 4.79 Å². The number of rotatable bonds is 42. The van der Waals surface area contributed by atoms with Crippen molar-refractivity contribution in [2.24, 2.45) is 0 Å². The summed E-state index contributed by atoms with van der Waals surface area (Å²) in [5.74, 6) is 2.66. The first-order chi connectivity index (χ1) is 51.9. The Bertz CT molecular complexity index is 3250. The Balaban J connectivity index is 0.000000453. The molecule has 0 saturated heterocycles. The van der Waals surface area contributed by atoms with Gasteiger partial charge < -0.3 is 35.9 Å². The van der Waals surface area contributed by atoms with Crippen molar-refractivity contribution in [3.63, 3.8) is 0 Å². The van der Waals surface area contributed by atoms with E-state index >= 15 is 0 Å². The summed E-state index contributed by atoms with van der Waals surface area (Å²) in [4.78, 5) is 9.74. The third kappa shape index (κ3) is 39.9. The molecule has 9 rings (SSSR count). The number of carbonyl (C=O) groups excluding carboxylic acids is 1. The highest BCUT2D eigenvalue weighted by atomic mass is 79.9. The molecule has 9 aromatic rings. The van der Waals surface area contributed by atoms with Crippen molar-refractivity contribution >= 4 is 97.8 Å². The predicted octanol–water partition coefficient (Wildman–Crippen LogP) is 21.0. The maximum Gasteiger partial charge on any atom is 0.146 e. The molecule has 107 heavy (non-hydrogen) atoms. The SMILES string of the molecule is C.CCCCCC/C=C\C=C\CCOCOC.CCCCCCC=P(c1ccccc1)(c1ccccc1)c1ccccc1.CCCCCCCBr.CCCCCCC[P+](c1ccccc1)(c1ccccc1)c1ccccc1.COCOCC/C=C/C=O.[Br-].c1ccc(P(c2ccccc2)c2ccccc2)cc1. The van der Waals surface area contributed by atoms with E-state index in [0.717, 1.165) is 25.7 Å². The van der Waals surface area contributed by atoms with E-state index in [1.165, 1.54) is 194 Å². The summed E-state index contributed by atoms with van der Waals surface area (Å²) in [5.41, 5.74) is 0. The second-order valence-electron chi connectivity index (χ2n) is 25.6. The summed E-state index contributed by atoms with van der Waals surface area (Å²) in [6.07, 6.45) is 42.0. The highest BCUT2D eigenvalue weighted by molar-refractivity contribution is 9.09. The molecule has 0 amide bonds. The van der Waals surface area contributed by atoms with Crippen molar-refractivity contribution in [3.8, 4) is 0 Å². The number of aldehydes is 1. The van der Waals surface area contributed by atoms with Crippen LogP contribution in [0.25, 0.3) is 0 Å². The monoisotopic (exact) mass is 1630 g/mol. The lowest BCUT2D eigenvalue weighted by atomic mass is 10.1. The number of allylic oxidation sites excluding steroid dienone is 4. The molecule has 0 aliphatic heterocycles. The minimum atomic E-state index is -1.73. The topological polar surface area (TPSA) is 54.0 Å². The summed E-state index contributed by atoms with van der Waals surface area (Å²) >= 11 is 3.40. The van der Waals surface area contributed by atoms with Crippen molar-refractivity contribution in [1.82, 2.24) is 0 Å². The maximum absolute atomic E-state index is 9.74. The number of benzene rings is 9. The van der Waals surface area contributed by atoms with Crippen LogP contribution in [0, 0.1) is 0 Å². The molecule has 0 aliphatic carbocycles. The summed E-state index contributed by atoms with van der Waals surface area (Å²) in [6.45, 7) is 9.35. The molecular formula is C97H131Br2O5P3. The third-order valence-corrected chi connectivity index (χ3v) is 29.2. The van der Waals surface area contributed by atoms with Gasteiger partial charge in [-0.25, -0.2) is 0 Å². The molecule has 0 fully saturated rings. The molecule has 0 radical (unpaired) electrons. The molecule has 0 aromatic heterocycles. The standard InChI is InChI=1S/C25H30P.C25H29P.C18H15P.C14H26O2.C7H15Br.C7H12O3.CH4.BrH/c2*1-2-3-4-5-15-22-26(23-16-9-6-10-17-23,24-18-11-7-12-19-24)25-20-13-8-14-21-25;1-4-10-16(11-5-1)19(17-12-6-2-7-13-17)18-14-8-3-9-15-18;1-3-4-5-6-7-8-9-10-11-12-13-16-14-15-2;1-2-3-4-5-6-7-8;1-9-7-10-6-4-2-3-5-8;;/h6-14,16-21H,2-5,15,22H2,1H3;6-14,16-22H,2-5,15H2,1H3;1-15H;8-11H,3-7,12-14H2,1-2H3;2-7H2,1H3;2-3,5H,4,6-7H2,1H3;1H4;1H/q+1;;;;;;;/p-1/b;;;9-8-,11-10+;;3-2+;;. The number of hydrogen-bond acceptors (Lipinski definition) is 5. The van der Waals surface area contributed by atoms with Gasteiger partial charge in [0, 0.05) is 19.5 Å². The Morgan fingerprint density at radius 1 is 0.355 bits per heavy atom. The average Bonchev–Trinajstić information content (AvgIpc) is 0.769. The predicted molar refractivity (Wildman–Crippen MR) is 480 cm³/mol. The fourth-order valence-electron chi connectivity index (χ4n) is 12.1. The first-order valence-electron chi connectivity index (χ1n) is 39.0. The third-order valence-electron chi connectivity index (χ3n) is 17.5. The summed E-state index contributed by atoms with van der Waals surface area (Å²) < 4.78 is 19.5. The number of hydrogen-bond donors (Lipinski definition) is 0. The molecule has 0 saturated carbocycles. The zero-order chi connectivity index (χ0) is 74.9. The van der Waals surface area contributed by atoms with Crippen LogP contribution in [0.3, 0.4) is 0 Å². The van der Waals surface area contributed by atoms with Crippen molar-refractivity contribution in [2.75, 3.05) is 52.5 Å². The van der Waals surface area contributed by atoms with Crippen LogP contribution in [-0.4, -0.2) is 64.6 Å². The van der Waals surface area contributed by atoms with Gasteiger partial charge in [0.1, 0.15) is 43.0 Å². The van der Waals surface area contributed by atoms with Crippen LogP contribution < -0.4 is 64.7 Å². The minimum absolute atomic E-state index is 0. The highest BCUT2D eigenvalue weighted by Crippen LogP contribution is 2.56. The van der Waals surface area contributed by atoms with E-state index in [1.54, 1.807) is 20.3 Å². The molecule has 0 spiro atoms. The molecule has 0 atom stereocenters. The Morgan fingerprint density at radius 2 is 0.645 bits per heavy atom. The average molecular weight is 1630 g/mol. The van der Waals surface area contributed by atoms with E-state index in [2.05, 4.69) is 351 Å². The molecule has 0 aliphatic rings. The number of carbonyl (C=O) groups is 1. The van der Waals surface area contributed by atoms with Gasteiger partial charge in [0.25, 0.3) is 0 Å². The van der Waals surface area contributed by atoms with Gasteiger partial charge in [0.05, 0.1) is 19.4 Å². The molecule has 0 heterocycles. The number of ether oxygens (including phenoxy) is 4. The lowest BCUT2D eigenvalue weighted by Crippen LogP contribution is -3.00. The first-order valence-corrected chi connectivity index (χ1v) is 45.3. The van der Waals surface area contributed by atoms with E-state index in [1.807, 2.05) is 0 Å². The normalized spacial score (nSPS) is 10.9. The maximum atomic E-state index is 9.74. The van der Waals surface area contributed by atoms with E-state index in [-0.39, 0.29) is 24.4 Å². The largest absolute Gasteiger partial charge is 1.00 e. The van der Waals surface area contributed by atoms with E-state index < -0.39 is 22.1 Å². The van der Waals surface area contributed by atoms with Crippen LogP contribution in [0.5, 0.6) is 0 Å². The lowest BCUT2D eigenvalue weighted by molar-refractivity contribution is -0.104. The van der Waals surface area contributed by atoms with Crippen LogP contribution in [-0.2, 0) is 23.7 Å². The van der Waals surface area contributed by atoms with Crippen molar-refractivity contribution in [1.29, 1.82) is 0 Å². The molecule has 5 nitrogen and oxygen atoms in total. The summed E-state index contributed by atoms with van der Waals surface area (Å²) in [5, 5.41) is 14.2. The fraction of sp³-hybridized carbons (Fsp3) is 0.361. The van der Waals surface area contributed by atoms with Crippen LogP contribution in [0.2, 0.25) is 0 Å². The summed E-state index contributed by atoms with van der Waals surface area (Å²) in [7, 11) is 1.16. The highest BCUT2D eigenvalue weighted by Gasteiger charge is 2.44. The van der Waals surface area contributed by atoms with Crippen LogP contribution in [0.1, 0.15) is 176 Å². The smallest absolute Gasteiger partial charge is 0.146 e. The minimum Gasteiger partial charge on any atom is -1.00 e. The number of halogens is 2. The zero-order valence-electron chi connectivity index (χ0n) is 65.0. The Morgan fingerprint density at radius 3 is 0.972 bits per heavy atom. The second-order valence-corrected chi connectivity index (χ2v) is 35.6. The van der Waals surface area contributed by atoms with Crippen LogP contribution in [0.15, 0.2) is 309 Å². The second kappa shape index (κ2) is 66.8. The van der Waals surface area contributed by atoms with E-state index in [0.29, 0.717) is 20.2 Å². The Labute approximate surface area is 671 Å². The van der Waals surface area contributed by atoms with Gasteiger partial charge in [-0.15, -0.1) is 0 Å². The van der Waals surface area contributed by atoms with Crippen LogP contribution in [0.4, 0.5) is 0 Å². The zero-order valence-corrected chi connectivity index (χ0v) is 70.9. The number of unbranched alkanes of at least 4 members (excludes halogenated alkanes) is 16. The van der Waals surface area contributed by atoms with Crippen LogP contribution >= 0.6 is 38.0 Å². The molecule has 9 aromatic carbocycles. The molecule has 0 N–H and O–H groups in total. The molecule has 578 valence electrons. The quantitative estimate of drug-likeness (QED) is 0.00726. The van der Waals surface area contributed by atoms with Gasteiger partial charge in [-0.05, 0) is 147 Å². The number of methoxy groups -OCH3 is 2.